The van der Waals surface area contributed by atoms with Crippen LogP contribution in [0.3, 0.4) is 0 Å². The molecule has 238 valence electrons. The molecule has 0 saturated carbocycles. The van der Waals surface area contributed by atoms with E-state index in [2.05, 4.69) is 0 Å². The lowest BCUT2D eigenvalue weighted by atomic mass is 10.1. The van der Waals surface area contributed by atoms with Gasteiger partial charge in [0, 0.05) is 0 Å². The quantitative estimate of drug-likeness (QED) is 0.133. The van der Waals surface area contributed by atoms with Crippen molar-refractivity contribution in [3.63, 3.8) is 0 Å². The molecule has 2 N–H and O–H groups in total. The molecule has 0 radical (unpaired) electrons. The van der Waals surface area contributed by atoms with Crippen LogP contribution in [0.1, 0.15) is 86.6 Å². The van der Waals surface area contributed by atoms with E-state index in [1.165, 1.54) is 12.1 Å². The fourth-order valence-corrected chi connectivity index (χ4v) is 3.55. The van der Waals surface area contributed by atoms with Crippen molar-refractivity contribution in [1.82, 2.24) is 0 Å². The fourth-order valence-electron chi connectivity index (χ4n) is 3.55. The van der Waals surface area contributed by atoms with Crippen molar-refractivity contribution in [3.05, 3.63) is 23.8 Å². The Balaban J connectivity index is 2.94. The molecule has 5 atom stereocenters. The summed E-state index contributed by atoms with van der Waals surface area (Å²) >= 11 is 0. The predicted octanol–water partition coefficient (Wildman–Crippen LogP) is 6.09. The number of hydrogen-bond donors (Lipinski definition) is 1. The van der Waals surface area contributed by atoms with E-state index in [9.17, 15) is 19.2 Å². The van der Waals surface area contributed by atoms with E-state index in [1.807, 2.05) is 27.7 Å². The van der Waals surface area contributed by atoms with Crippen molar-refractivity contribution < 1.29 is 52.3 Å². The number of ether oxygens (including phenoxy) is 7. The zero-order valence-electron chi connectivity index (χ0n) is 26.0. The first-order chi connectivity index (χ1) is 19.7. The van der Waals surface area contributed by atoms with Gasteiger partial charge >= 0.3 is 24.4 Å². The second-order valence-corrected chi connectivity index (χ2v) is 10.6. The third kappa shape index (κ3) is 14.4. The normalized spacial score (nSPS) is 14.5. The van der Waals surface area contributed by atoms with Crippen molar-refractivity contribution in [3.8, 4) is 11.5 Å². The topological polar surface area (TPSA) is 159 Å². The summed E-state index contributed by atoms with van der Waals surface area (Å²) in [6.07, 6.45) is -2.22. The minimum Gasteiger partial charge on any atom is -0.458 e. The Labute approximate surface area is 248 Å². The SMILES string of the molecule is CCCC(C)OC(=O)Oc1ccc(C[C@H](N)C(=O)O[C@@H](C)[C@H](C)OC(=O)OCC(C)C)cc1OC(=O)OC(C)CCC. The van der Waals surface area contributed by atoms with Gasteiger partial charge in [0.05, 0.1) is 6.61 Å². The molecule has 2 unspecified atom stereocenters. The number of rotatable bonds is 16. The third-order valence-corrected chi connectivity index (χ3v) is 5.92. The number of nitrogens with two attached hydrogens (primary N) is 1. The fraction of sp³-hybridized carbons (Fsp3) is 0.667. The number of carbonyl (C=O) groups is 4. The Morgan fingerprint density at radius 3 is 1.76 bits per heavy atom. The molecule has 0 heterocycles. The molecule has 1 aromatic rings. The van der Waals surface area contributed by atoms with Crippen molar-refractivity contribution >= 4 is 24.4 Å². The van der Waals surface area contributed by atoms with Crippen molar-refractivity contribution in [1.29, 1.82) is 0 Å². The van der Waals surface area contributed by atoms with Crippen LogP contribution in [0, 0.1) is 5.92 Å². The van der Waals surface area contributed by atoms with Crippen LogP contribution in [-0.4, -0.2) is 61.5 Å². The maximum absolute atomic E-state index is 12.7. The van der Waals surface area contributed by atoms with E-state index in [4.69, 9.17) is 38.9 Å². The van der Waals surface area contributed by atoms with Gasteiger partial charge in [-0.2, -0.15) is 0 Å². The standard InChI is InChI=1S/C30H47NO11/c1-9-11-19(5)37-29(34)41-25-14-13-23(16-26(25)42-30(35)38-20(6)12-10-2)15-24(31)27(32)39-21(7)22(8)40-28(33)36-17-18(3)4/h13-14,16,18-22,24H,9-12,15,17,31H2,1-8H3/t19?,20?,21-,22-,24-/m0/s1. The van der Waals surface area contributed by atoms with Crippen LogP contribution in [-0.2, 0) is 34.9 Å². The highest BCUT2D eigenvalue weighted by molar-refractivity contribution is 5.76. The molecule has 12 nitrogen and oxygen atoms in total. The molecule has 0 aromatic heterocycles. The van der Waals surface area contributed by atoms with Crippen LogP contribution < -0.4 is 15.2 Å². The highest BCUT2D eigenvalue weighted by atomic mass is 16.8. The van der Waals surface area contributed by atoms with Crippen LogP contribution in [0.5, 0.6) is 11.5 Å². The average molecular weight is 598 g/mol. The van der Waals surface area contributed by atoms with Crippen LogP contribution in [0.15, 0.2) is 18.2 Å². The van der Waals surface area contributed by atoms with Gasteiger partial charge in [-0.1, -0.05) is 46.6 Å². The lowest BCUT2D eigenvalue weighted by Gasteiger charge is -2.22. The average Bonchev–Trinajstić information content (AvgIpc) is 2.88. The molecule has 0 aliphatic heterocycles. The van der Waals surface area contributed by atoms with Crippen LogP contribution >= 0.6 is 0 Å². The monoisotopic (exact) mass is 597 g/mol. The number of hydrogen-bond acceptors (Lipinski definition) is 12. The molecule has 0 bridgehead atoms. The molecule has 0 spiro atoms. The summed E-state index contributed by atoms with van der Waals surface area (Å²) in [5, 5.41) is 0. The maximum Gasteiger partial charge on any atom is 0.514 e. The van der Waals surface area contributed by atoms with E-state index < -0.39 is 42.7 Å². The van der Waals surface area contributed by atoms with Crippen LogP contribution in [0.4, 0.5) is 14.4 Å². The lowest BCUT2D eigenvalue weighted by molar-refractivity contribution is -0.155. The van der Waals surface area contributed by atoms with E-state index >= 15 is 0 Å². The molecule has 1 aromatic carbocycles. The highest BCUT2D eigenvalue weighted by Gasteiger charge is 2.26. The van der Waals surface area contributed by atoms with Gasteiger partial charge < -0.3 is 38.9 Å². The Kier molecular flexibility index (Phi) is 16.3. The number of carbonyl (C=O) groups excluding carboxylic acids is 4. The summed E-state index contributed by atoms with van der Waals surface area (Å²) in [6, 6.07) is 3.27. The van der Waals surface area contributed by atoms with Crippen LogP contribution in [0.2, 0.25) is 0 Å². The Hall–Kier alpha value is -3.54. The second kappa shape index (κ2) is 18.8. The minimum absolute atomic E-state index is 0.00682. The summed E-state index contributed by atoms with van der Waals surface area (Å²) in [5.41, 5.74) is 6.57. The molecule has 0 amide bonds. The van der Waals surface area contributed by atoms with Gasteiger partial charge in [-0.3, -0.25) is 4.79 Å². The maximum atomic E-state index is 12.7. The van der Waals surface area contributed by atoms with Gasteiger partial charge in [0.15, 0.2) is 11.5 Å². The summed E-state index contributed by atoms with van der Waals surface area (Å²) in [4.78, 5) is 49.2. The molecular weight excluding hydrogens is 550 g/mol. The number of benzene rings is 1. The lowest BCUT2D eigenvalue weighted by Crippen LogP contribution is -2.39. The van der Waals surface area contributed by atoms with Gasteiger partial charge in [-0.15, -0.1) is 0 Å². The van der Waals surface area contributed by atoms with Crippen molar-refractivity contribution in [2.75, 3.05) is 6.61 Å². The molecular formula is C30H47NO11. The molecule has 1 rings (SSSR count). The van der Waals surface area contributed by atoms with Gasteiger partial charge in [-0.05, 0) is 70.6 Å². The molecule has 0 aliphatic rings. The summed E-state index contributed by atoms with van der Waals surface area (Å²) in [5.74, 6) is -0.784. The largest absolute Gasteiger partial charge is 0.514 e. The summed E-state index contributed by atoms with van der Waals surface area (Å²) in [7, 11) is 0. The molecule has 42 heavy (non-hydrogen) atoms. The van der Waals surface area contributed by atoms with E-state index in [0.717, 1.165) is 12.8 Å². The first kappa shape index (κ1) is 36.5. The summed E-state index contributed by atoms with van der Waals surface area (Å²) in [6.45, 7) is 14.5. The van der Waals surface area contributed by atoms with E-state index in [0.29, 0.717) is 18.4 Å². The van der Waals surface area contributed by atoms with E-state index in [1.54, 1.807) is 33.8 Å². The van der Waals surface area contributed by atoms with Crippen molar-refractivity contribution in [2.24, 2.45) is 11.7 Å². The molecule has 0 fully saturated rings. The Morgan fingerprint density at radius 2 is 1.24 bits per heavy atom. The van der Waals surface area contributed by atoms with E-state index in [-0.39, 0.29) is 42.7 Å². The smallest absolute Gasteiger partial charge is 0.458 e. The second-order valence-electron chi connectivity index (χ2n) is 10.6. The minimum atomic E-state index is -1.11. The van der Waals surface area contributed by atoms with Gasteiger partial charge in [0.1, 0.15) is 30.5 Å². The van der Waals surface area contributed by atoms with Gasteiger partial charge in [0.25, 0.3) is 0 Å². The van der Waals surface area contributed by atoms with Gasteiger partial charge in [0.2, 0.25) is 0 Å². The Morgan fingerprint density at radius 1 is 0.714 bits per heavy atom. The molecule has 0 aliphatic carbocycles. The van der Waals surface area contributed by atoms with Gasteiger partial charge in [-0.25, -0.2) is 14.4 Å². The number of esters is 1. The van der Waals surface area contributed by atoms with Crippen LogP contribution in [0.25, 0.3) is 0 Å². The van der Waals surface area contributed by atoms with Crippen molar-refractivity contribution in [2.45, 2.75) is 118 Å². The summed E-state index contributed by atoms with van der Waals surface area (Å²) < 4.78 is 36.6. The zero-order chi connectivity index (χ0) is 31.8. The molecule has 0 saturated heterocycles. The zero-order valence-corrected chi connectivity index (χ0v) is 26.0. The first-order valence-electron chi connectivity index (χ1n) is 14.4. The predicted molar refractivity (Wildman–Crippen MR) is 153 cm³/mol. The molecule has 12 heteroatoms. The third-order valence-electron chi connectivity index (χ3n) is 5.92. The Bertz CT molecular complexity index is 1010. The highest BCUT2D eigenvalue weighted by Crippen LogP contribution is 2.30. The first-order valence-corrected chi connectivity index (χ1v) is 14.4.